The Balaban J connectivity index is 1.51. The van der Waals surface area contributed by atoms with Gasteiger partial charge in [-0.2, -0.15) is 0 Å². The zero-order valence-electron chi connectivity index (χ0n) is 15.2. The van der Waals surface area contributed by atoms with E-state index in [9.17, 15) is 9.59 Å². The zero-order chi connectivity index (χ0) is 18.8. The SMILES string of the molecule is O=C1[C@@H]2[C@@H](C(=O)N1c1cccc3c(-c4ccccc4)ccnc13)[C@H]1C=C[C@H]2C1. The van der Waals surface area contributed by atoms with E-state index in [-0.39, 0.29) is 35.5 Å². The van der Waals surface area contributed by atoms with Gasteiger partial charge in [-0.1, -0.05) is 54.6 Å². The third-order valence-electron chi connectivity index (χ3n) is 6.55. The van der Waals surface area contributed by atoms with E-state index in [2.05, 4.69) is 29.3 Å². The summed E-state index contributed by atoms with van der Waals surface area (Å²) in [5.74, 6) is -0.110. The van der Waals surface area contributed by atoms with Crippen molar-refractivity contribution in [3.05, 3.63) is 72.9 Å². The number of rotatable bonds is 2. The summed E-state index contributed by atoms with van der Waals surface area (Å²) in [6.45, 7) is 0. The molecule has 0 radical (unpaired) electrons. The van der Waals surface area contributed by atoms with Crippen LogP contribution in [0, 0.1) is 23.7 Å². The van der Waals surface area contributed by atoms with Crippen molar-refractivity contribution < 1.29 is 9.59 Å². The first-order valence-corrected chi connectivity index (χ1v) is 9.73. The quantitative estimate of drug-likeness (QED) is 0.504. The molecule has 6 rings (SSSR count). The summed E-state index contributed by atoms with van der Waals surface area (Å²) in [4.78, 5) is 32.4. The molecule has 3 aliphatic rings. The van der Waals surface area contributed by atoms with Crippen molar-refractivity contribution >= 4 is 28.4 Å². The maximum atomic E-state index is 13.2. The van der Waals surface area contributed by atoms with E-state index >= 15 is 0 Å². The average Bonchev–Trinajstić information content (AvgIpc) is 3.42. The zero-order valence-corrected chi connectivity index (χ0v) is 15.2. The first-order chi connectivity index (χ1) is 13.7. The predicted octanol–water partition coefficient (Wildman–Crippen LogP) is 4.21. The molecule has 0 spiro atoms. The summed E-state index contributed by atoms with van der Waals surface area (Å²) in [6, 6.07) is 17.8. The minimum Gasteiger partial charge on any atom is -0.274 e. The van der Waals surface area contributed by atoms with E-state index in [1.807, 2.05) is 42.5 Å². The molecule has 4 heteroatoms. The highest BCUT2D eigenvalue weighted by molar-refractivity contribution is 6.25. The fourth-order valence-corrected chi connectivity index (χ4v) is 5.35. The molecule has 1 saturated carbocycles. The Kier molecular flexibility index (Phi) is 3.16. The lowest BCUT2D eigenvalue weighted by atomic mass is 9.85. The molecule has 2 fully saturated rings. The van der Waals surface area contributed by atoms with Crippen LogP contribution in [0.4, 0.5) is 5.69 Å². The Labute approximate surface area is 162 Å². The van der Waals surface area contributed by atoms with E-state index in [1.54, 1.807) is 6.20 Å². The van der Waals surface area contributed by atoms with Crippen molar-refractivity contribution in [1.29, 1.82) is 0 Å². The van der Waals surface area contributed by atoms with Gasteiger partial charge in [0.25, 0.3) is 0 Å². The number of imide groups is 1. The number of allylic oxidation sites excluding steroid dienone is 2. The highest BCUT2D eigenvalue weighted by Gasteiger charge is 2.59. The molecule has 2 heterocycles. The Hall–Kier alpha value is -3.27. The molecule has 4 nitrogen and oxygen atoms in total. The summed E-state index contributed by atoms with van der Waals surface area (Å²) < 4.78 is 0. The number of anilines is 1. The normalized spacial score (nSPS) is 27.8. The Bertz CT molecular complexity index is 1140. The summed E-state index contributed by atoms with van der Waals surface area (Å²) in [7, 11) is 0. The van der Waals surface area contributed by atoms with Crippen LogP contribution in [0.1, 0.15) is 6.42 Å². The number of aromatic nitrogens is 1. The van der Waals surface area contributed by atoms with Gasteiger partial charge in [0.05, 0.1) is 23.0 Å². The van der Waals surface area contributed by atoms with Crippen molar-refractivity contribution in [3.63, 3.8) is 0 Å². The molecule has 1 saturated heterocycles. The number of carbonyl (C=O) groups excluding carboxylic acids is 2. The summed E-state index contributed by atoms with van der Waals surface area (Å²) in [5.41, 5.74) is 3.45. The number of hydrogen-bond acceptors (Lipinski definition) is 3. The minimum absolute atomic E-state index is 0.0636. The van der Waals surface area contributed by atoms with Gasteiger partial charge in [-0.15, -0.1) is 0 Å². The van der Waals surface area contributed by atoms with Crippen molar-refractivity contribution in [2.24, 2.45) is 23.7 Å². The Morgan fingerprint density at radius 3 is 2.25 bits per heavy atom. The standard InChI is InChI=1S/C24H18N2O2/c27-23-20-15-9-10-16(13-15)21(20)24(28)26(23)19-8-4-7-18-17(11-12-25-22(18)19)14-5-2-1-3-6-14/h1-12,15-16,20-21H,13H2/t15-,16-,20-,21-/m0/s1. The average molecular weight is 366 g/mol. The predicted molar refractivity (Wildman–Crippen MR) is 107 cm³/mol. The van der Waals surface area contributed by atoms with Crippen molar-refractivity contribution in [1.82, 2.24) is 4.98 Å². The highest BCUT2D eigenvalue weighted by atomic mass is 16.2. The minimum atomic E-state index is -0.199. The molecule has 1 aliphatic heterocycles. The summed E-state index contributed by atoms with van der Waals surface area (Å²) >= 11 is 0. The molecule has 0 N–H and O–H groups in total. The maximum Gasteiger partial charge on any atom is 0.238 e. The van der Waals surface area contributed by atoms with Crippen molar-refractivity contribution in [2.45, 2.75) is 6.42 Å². The third-order valence-corrected chi connectivity index (χ3v) is 6.55. The van der Waals surface area contributed by atoms with Crippen LogP contribution >= 0.6 is 0 Å². The molecule has 2 aromatic carbocycles. The Morgan fingerprint density at radius 2 is 1.54 bits per heavy atom. The lowest BCUT2D eigenvalue weighted by molar-refractivity contribution is -0.123. The van der Waals surface area contributed by atoms with Gasteiger partial charge in [-0.25, -0.2) is 4.90 Å². The number of fused-ring (bicyclic) bond motifs is 6. The molecule has 136 valence electrons. The first-order valence-electron chi connectivity index (χ1n) is 9.73. The monoisotopic (exact) mass is 366 g/mol. The molecule has 2 aliphatic carbocycles. The lowest BCUT2D eigenvalue weighted by Crippen LogP contribution is -2.33. The number of hydrogen-bond donors (Lipinski definition) is 0. The van der Waals surface area contributed by atoms with Crippen LogP contribution in [-0.2, 0) is 9.59 Å². The Morgan fingerprint density at radius 1 is 0.821 bits per heavy atom. The number of amides is 2. The fourth-order valence-electron chi connectivity index (χ4n) is 5.35. The van der Waals surface area contributed by atoms with Gasteiger partial charge < -0.3 is 0 Å². The fraction of sp³-hybridized carbons (Fsp3) is 0.208. The largest absolute Gasteiger partial charge is 0.274 e. The van der Waals surface area contributed by atoms with Gasteiger partial charge in [-0.3, -0.25) is 14.6 Å². The molecule has 2 amide bonds. The van der Waals surface area contributed by atoms with Gasteiger partial charge in [0.2, 0.25) is 11.8 Å². The van der Waals surface area contributed by atoms with Crippen LogP contribution in [-0.4, -0.2) is 16.8 Å². The van der Waals surface area contributed by atoms with Crippen LogP contribution in [0.3, 0.4) is 0 Å². The van der Waals surface area contributed by atoms with Gasteiger partial charge in [-0.05, 0) is 41.5 Å². The number of para-hydroxylation sites is 1. The van der Waals surface area contributed by atoms with E-state index in [0.29, 0.717) is 11.2 Å². The number of benzene rings is 2. The van der Waals surface area contributed by atoms with Gasteiger partial charge in [0.1, 0.15) is 0 Å². The van der Waals surface area contributed by atoms with Gasteiger partial charge in [0, 0.05) is 11.6 Å². The molecule has 28 heavy (non-hydrogen) atoms. The second-order valence-corrected chi connectivity index (χ2v) is 7.91. The molecule has 3 aromatic rings. The lowest BCUT2D eigenvalue weighted by Gasteiger charge is -2.19. The van der Waals surface area contributed by atoms with Gasteiger partial charge in [0.15, 0.2) is 0 Å². The van der Waals surface area contributed by atoms with Crippen LogP contribution < -0.4 is 4.90 Å². The summed E-state index contributed by atoms with van der Waals surface area (Å²) in [5, 5.41) is 0.949. The van der Waals surface area contributed by atoms with Crippen LogP contribution in [0.2, 0.25) is 0 Å². The highest BCUT2D eigenvalue weighted by Crippen LogP contribution is 2.53. The van der Waals surface area contributed by atoms with E-state index in [1.165, 1.54) is 4.90 Å². The molecular formula is C24H18N2O2. The van der Waals surface area contributed by atoms with Crippen LogP contribution in [0.25, 0.3) is 22.0 Å². The van der Waals surface area contributed by atoms with E-state index in [4.69, 9.17) is 0 Å². The number of carbonyl (C=O) groups is 2. The summed E-state index contributed by atoms with van der Waals surface area (Å²) in [6.07, 6.45) is 6.93. The topological polar surface area (TPSA) is 50.3 Å². The van der Waals surface area contributed by atoms with Crippen molar-refractivity contribution in [3.8, 4) is 11.1 Å². The molecule has 1 aromatic heterocycles. The van der Waals surface area contributed by atoms with E-state index < -0.39 is 0 Å². The van der Waals surface area contributed by atoms with Crippen molar-refractivity contribution in [2.75, 3.05) is 4.90 Å². The first kappa shape index (κ1) is 15.8. The van der Waals surface area contributed by atoms with Gasteiger partial charge >= 0.3 is 0 Å². The second-order valence-electron chi connectivity index (χ2n) is 7.91. The number of pyridine rings is 1. The third kappa shape index (κ3) is 1.97. The molecule has 2 bridgehead atoms. The van der Waals surface area contributed by atoms with E-state index in [0.717, 1.165) is 22.9 Å². The second kappa shape index (κ2) is 5.61. The van der Waals surface area contributed by atoms with Crippen LogP contribution in [0.15, 0.2) is 72.9 Å². The molecular weight excluding hydrogens is 348 g/mol. The smallest absolute Gasteiger partial charge is 0.238 e. The van der Waals surface area contributed by atoms with Crippen LogP contribution in [0.5, 0.6) is 0 Å². The maximum absolute atomic E-state index is 13.2. The molecule has 0 unspecified atom stereocenters. The molecule has 4 atom stereocenters. The number of nitrogens with zero attached hydrogens (tertiary/aromatic N) is 2.